The van der Waals surface area contributed by atoms with Crippen molar-refractivity contribution in [1.29, 1.82) is 0 Å². The molecule has 1 aromatic rings. The van der Waals surface area contributed by atoms with Crippen LogP contribution in [0.25, 0.3) is 0 Å². The number of alkyl carbamates (subject to hydrolysis) is 1. The number of nitrogens with zero attached hydrogens (tertiary/aromatic N) is 1. The van der Waals surface area contributed by atoms with Gasteiger partial charge in [0.1, 0.15) is 11.3 Å². The van der Waals surface area contributed by atoms with E-state index in [2.05, 4.69) is 10.6 Å². The second kappa shape index (κ2) is 7.11. The second-order valence-corrected chi connectivity index (χ2v) is 6.21. The van der Waals surface area contributed by atoms with Crippen molar-refractivity contribution in [3.8, 4) is 0 Å². The van der Waals surface area contributed by atoms with Gasteiger partial charge in [0.05, 0.1) is 4.92 Å². The van der Waals surface area contributed by atoms with Crippen LogP contribution in [0.15, 0.2) is 18.2 Å². The largest absolute Gasteiger partial charge is 0.444 e. The van der Waals surface area contributed by atoms with Crippen molar-refractivity contribution in [2.24, 2.45) is 0 Å². The summed E-state index contributed by atoms with van der Waals surface area (Å²) in [4.78, 5) is 22.2. The Morgan fingerprint density at radius 3 is 2.59 bits per heavy atom. The maximum atomic E-state index is 11.6. The summed E-state index contributed by atoms with van der Waals surface area (Å²) in [7, 11) is 0. The van der Waals surface area contributed by atoms with E-state index in [9.17, 15) is 14.9 Å². The van der Waals surface area contributed by atoms with Gasteiger partial charge in [-0.25, -0.2) is 4.79 Å². The zero-order chi connectivity index (χ0) is 16.9. The van der Waals surface area contributed by atoms with Gasteiger partial charge in [-0.2, -0.15) is 0 Å². The van der Waals surface area contributed by atoms with Crippen molar-refractivity contribution in [2.45, 2.75) is 46.3 Å². The standard InChI is InChI=1S/C15H23N3O4/c1-10-6-7-13(18(20)21)12(8-10)17-11(2)9-16-14(19)22-15(3,4)5/h6-8,11,17H,9H2,1-5H3,(H,16,19). The topological polar surface area (TPSA) is 93.5 Å². The maximum Gasteiger partial charge on any atom is 0.407 e. The number of benzene rings is 1. The van der Waals surface area contributed by atoms with Crippen molar-refractivity contribution < 1.29 is 14.5 Å². The first-order chi connectivity index (χ1) is 10.1. The van der Waals surface area contributed by atoms with E-state index in [1.807, 2.05) is 13.8 Å². The van der Waals surface area contributed by atoms with Crippen LogP contribution in [0, 0.1) is 17.0 Å². The molecule has 122 valence electrons. The predicted octanol–water partition coefficient (Wildman–Crippen LogP) is 3.23. The zero-order valence-electron chi connectivity index (χ0n) is 13.6. The van der Waals surface area contributed by atoms with Crippen LogP contribution in [0.1, 0.15) is 33.3 Å². The summed E-state index contributed by atoms with van der Waals surface area (Å²) in [5.74, 6) is 0. The third kappa shape index (κ3) is 5.99. The normalized spacial score (nSPS) is 12.4. The van der Waals surface area contributed by atoms with Gasteiger partial charge in [-0.3, -0.25) is 10.1 Å². The molecule has 0 saturated carbocycles. The molecule has 0 aromatic heterocycles. The fourth-order valence-electron chi connectivity index (χ4n) is 1.79. The SMILES string of the molecule is Cc1ccc([N+](=O)[O-])c(NC(C)CNC(=O)OC(C)(C)C)c1. The third-order valence-electron chi connectivity index (χ3n) is 2.70. The summed E-state index contributed by atoms with van der Waals surface area (Å²) in [5.41, 5.74) is 0.800. The van der Waals surface area contributed by atoms with E-state index >= 15 is 0 Å². The lowest BCUT2D eigenvalue weighted by Crippen LogP contribution is -2.38. The van der Waals surface area contributed by atoms with Gasteiger partial charge in [-0.15, -0.1) is 0 Å². The molecule has 0 aliphatic carbocycles. The molecule has 22 heavy (non-hydrogen) atoms. The first-order valence-electron chi connectivity index (χ1n) is 7.07. The summed E-state index contributed by atoms with van der Waals surface area (Å²) in [6.45, 7) is 9.32. The Balaban J connectivity index is 2.62. The van der Waals surface area contributed by atoms with Crippen molar-refractivity contribution in [3.63, 3.8) is 0 Å². The monoisotopic (exact) mass is 309 g/mol. The Kier molecular flexibility index (Phi) is 5.73. The van der Waals surface area contributed by atoms with Gasteiger partial charge in [0.2, 0.25) is 0 Å². The van der Waals surface area contributed by atoms with Gasteiger partial charge >= 0.3 is 6.09 Å². The lowest BCUT2D eigenvalue weighted by atomic mass is 10.1. The van der Waals surface area contributed by atoms with Crippen molar-refractivity contribution in [2.75, 3.05) is 11.9 Å². The third-order valence-corrected chi connectivity index (χ3v) is 2.70. The van der Waals surface area contributed by atoms with Crippen molar-refractivity contribution in [3.05, 3.63) is 33.9 Å². The number of amides is 1. The molecule has 1 amide bonds. The summed E-state index contributed by atoms with van der Waals surface area (Å²) < 4.78 is 5.13. The van der Waals surface area contributed by atoms with Crippen LogP contribution in [-0.4, -0.2) is 29.2 Å². The number of nitro groups is 1. The Morgan fingerprint density at radius 2 is 2.05 bits per heavy atom. The highest BCUT2D eigenvalue weighted by Gasteiger charge is 2.18. The molecular formula is C15H23N3O4. The molecule has 7 nitrogen and oxygen atoms in total. The van der Waals surface area contributed by atoms with E-state index in [0.29, 0.717) is 12.2 Å². The van der Waals surface area contributed by atoms with Crippen LogP contribution < -0.4 is 10.6 Å². The molecule has 0 saturated heterocycles. The maximum absolute atomic E-state index is 11.6. The number of rotatable bonds is 5. The molecule has 7 heteroatoms. The first-order valence-corrected chi connectivity index (χ1v) is 7.07. The van der Waals surface area contributed by atoms with Gasteiger partial charge < -0.3 is 15.4 Å². The van der Waals surface area contributed by atoms with Gasteiger partial charge in [0.15, 0.2) is 0 Å². The van der Waals surface area contributed by atoms with Crippen LogP contribution in [-0.2, 0) is 4.74 Å². The predicted molar refractivity (Wildman–Crippen MR) is 85.2 cm³/mol. The van der Waals surface area contributed by atoms with E-state index in [1.165, 1.54) is 6.07 Å². The lowest BCUT2D eigenvalue weighted by Gasteiger charge is -2.21. The minimum atomic E-state index is -0.559. The van der Waals surface area contributed by atoms with Crippen LogP contribution in [0.5, 0.6) is 0 Å². The zero-order valence-corrected chi connectivity index (χ0v) is 13.6. The Morgan fingerprint density at radius 1 is 1.41 bits per heavy atom. The van der Waals surface area contributed by atoms with Crippen molar-refractivity contribution >= 4 is 17.5 Å². The molecular weight excluding hydrogens is 286 g/mol. The van der Waals surface area contributed by atoms with E-state index in [-0.39, 0.29) is 11.7 Å². The first kappa shape index (κ1) is 17.7. The minimum Gasteiger partial charge on any atom is -0.444 e. The van der Waals surface area contributed by atoms with Crippen LogP contribution in [0.4, 0.5) is 16.2 Å². The summed E-state index contributed by atoms with van der Waals surface area (Å²) in [5, 5.41) is 16.7. The summed E-state index contributed by atoms with van der Waals surface area (Å²) in [6, 6.07) is 4.67. The van der Waals surface area contributed by atoms with Crippen LogP contribution in [0.3, 0.4) is 0 Å². The highest BCUT2D eigenvalue weighted by atomic mass is 16.6. The molecule has 0 spiro atoms. The Hall–Kier alpha value is -2.31. The highest BCUT2D eigenvalue weighted by molar-refractivity contribution is 5.68. The highest BCUT2D eigenvalue weighted by Crippen LogP contribution is 2.25. The molecule has 1 aromatic carbocycles. The smallest absolute Gasteiger partial charge is 0.407 e. The molecule has 1 unspecified atom stereocenters. The molecule has 0 radical (unpaired) electrons. The van der Waals surface area contributed by atoms with Crippen LogP contribution in [0.2, 0.25) is 0 Å². The molecule has 0 aliphatic heterocycles. The number of nitrogens with one attached hydrogen (secondary N) is 2. The summed E-state index contributed by atoms with van der Waals surface area (Å²) in [6.07, 6.45) is -0.514. The van der Waals surface area contributed by atoms with E-state index in [1.54, 1.807) is 32.9 Å². The van der Waals surface area contributed by atoms with E-state index in [0.717, 1.165) is 5.56 Å². The van der Waals surface area contributed by atoms with Crippen molar-refractivity contribution in [1.82, 2.24) is 5.32 Å². The van der Waals surface area contributed by atoms with Gasteiger partial charge in [0, 0.05) is 18.7 Å². The molecule has 0 bridgehead atoms. The quantitative estimate of drug-likeness (QED) is 0.643. The number of nitro benzene ring substituents is 1. The average Bonchev–Trinajstić information content (AvgIpc) is 2.34. The lowest BCUT2D eigenvalue weighted by molar-refractivity contribution is -0.384. The number of hydrogen-bond acceptors (Lipinski definition) is 5. The number of hydrogen-bond donors (Lipinski definition) is 2. The molecule has 2 N–H and O–H groups in total. The molecule has 0 aliphatic rings. The van der Waals surface area contributed by atoms with Gasteiger partial charge in [-0.1, -0.05) is 6.07 Å². The molecule has 1 rings (SSSR count). The van der Waals surface area contributed by atoms with Gasteiger partial charge in [0.25, 0.3) is 5.69 Å². The average molecular weight is 309 g/mol. The number of carbonyl (C=O) groups excluding carboxylic acids is 1. The molecule has 1 atom stereocenters. The number of aryl methyl sites for hydroxylation is 1. The Bertz CT molecular complexity index is 552. The molecule has 0 fully saturated rings. The Labute approximate surface area is 130 Å². The summed E-state index contributed by atoms with van der Waals surface area (Å²) >= 11 is 0. The minimum absolute atomic E-state index is 0.00900. The van der Waals surface area contributed by atoms with Crippen LogP contribution >= 0.6 is 0 Å². The molecule has 0 heterocycles. The van der Waals surface area contributed by atoms with Gasteiger partial charge in [-0.05, 0) is 46.2 Å². The number of carbonyl (C=O) groups is 1. The fraction of sp³-hybridized carbons (Fsp3) is 0.533. The fourth-order valence-corrected chi connectivity index (χ4v) is 1.79. The number of anilines is 1. The second-order valence-electron chi connectivity index (χ2n) is 6.21. The number of ether oxygens (including phenoxy) is 1. The van der Waals surface area contributed by atoms with E-state index in [4.69, 9.17) is 4.74 Å². The van der Waals surface area contributed by atoms with E-state index < -0.39 is 16.6 Å².